The number of nitrogens with zero attached hydrogens (tertiary/aromatic N) is 4. The summed E-state index contributed by atoms with van der Waals surface area (Å²) in [6.07, 6.45) is 1.79. The largest absolute Gasteiger partial charge is 0.462 e. The van der Waals surface area contributed by atoms with Crippen LogP contribution in [0.25, 0.3) is 11.0 Å². The van der Waals surface area contributed by atoms with Crippen molar-refractivity contribution in [1.29, 1.82) is 0 Å². The van der Waals surface area contributed by atoms with Crippen LogP contribution in [0.5, 0.6) is 0 Å². The molecule has 0 aliphatic rings. The van der Waals surface area contributed by atoms with Crippen molar-refractivity contribution in [3.05, 3.63) is 35.5 Å². The number of carbonyl (C=O) groups excluding carboxylic acids is 1. The Balaban J connectivity index is 1.87. The van der Waals surface area contributed by atoms with Crippen LogP contribution < -0.4 is 0 Å². The molecule has 2 heterocycles. The van der Waals surface area contributed by atoms with E-state index in [1.807, 2.05) is 13.0 Å². The van der Waals surface area contributed by atoms with Crippen molar-refractivity contribution >= 4 is 28.8 Å². The lowest BCUT2D eigenvalue weighted by molar-refractivity contribution is 0.0526. The van der Waals surface area contributed by atoms with E-state index in [1.165, 1.54) is 0 Å². The highest BCUT2D eigenvalue weighted by molar-refractivity contribution is 7.99. The van der Waals surface area contributed by atoms with Crippen molar-refractivity contribution in [2.45, 2.75) is 57.5 Å². The van der Waals surface area contributed by atoms with Gasteiger partial charge in [0.25, 0.3) is 0 Å². The Kier molecular flexibility index (Phi) is 6.15. The van der Waals surface area contributed by atoms with E-state index in [1.54, 1.807) is 30.8 Å². The standard InChI is InChI=1S/C19H24N4O3S/c1-5-8-16-21-17(26-22-16)12(4)27-19-20-14-11-13(18(24)25-7-3)9-10-15(14)23(19)6-2/h9-12H,5-8H2,1-4H3/t12-/m1/s1. The lowest BCUT2D eigenvalue weighted by atomic mass is 10.2. The number of hydrogen-bond acceptors (Lipinski definition) is 7. The van der Waals surface area contributed by atoms with Crippen LogP contribution in [0, 0.1) is 0 Å². The molecular weight excluding hydrogens is 364 g/mol. The van der Waals surface area contributed by atoms with E-state index in [-0.39, 0.29) is 11.2 Å². The highest BCUT2D eigenvalue weighted by Gasteiger charge is 2.20. The van der Waals surface area contributed by atoms with E-state index < -0.39 is 0 Å². The predicted molar refractivity (Wildman–Crippen MR) is 104 cm³/mol. The maximum atomic E-state index is 12.0. The second-order valence-electron chi connectivity index (χ2n) is 6.12. The number of imidazole rings is 1. The highest BCUT2D eigenvalue weighted by atomic mass is 32.2. The quantitative estimate of drug-likeness (QED) is 0.417. The molecule has 0 fully saturated rings. The SMILES string of the molecule is CCCc1noc([C@@H](C)Sc2nc3cc(C(=O)OCC)ccc3n2CC)n1. The Bertz CT molecular complexity index is 934. The van der Waals surface area contributed by atoms with Crippen LogP contribution in [0.1, 0.15) is 61.4 Å². The van der Waals surface area contributed by atoms with E-state index in [0.717, 1.165) is 41.4 Å². The maximum Gasteiger partial charge on any atom is 0.338 e. The average Bonchev–Trinajstić information content (AvgIpc) is 3.25. The van der Waals surface area contributed by atoms with Crippen LogP contribution in [-0.4, -0.2) is 32.3 Å². The number of thioether (sulfide) groups is 1. The van der Waals surface area contributed by atoms with Crippen LogP contribution in [-0.2, 0) is 17.7 Å². The molecule has 0 saturated carbocycles. The third-order valence-corrected chi connectivity index (χ3v) is 5.21. The second kappa shape index (κ2) is 8.56. The molecule has 0 bridgehead atoms. The summed E-state index contributed by atoms with van der Waals surface area (Å²) in [5.41, 5.74) is 2.27. The van der Waals surface area contributed by atoms with Gasteiger partial charge in [-0.05, 0) is 45.4 Å². The van der Waals surface area contributed by atoms with Gasteiger partial charge in [-0.15, -0.1) is 0 Å². The Morgan fingerprint density at radius 2 is 2.11 bits per heavy atom. The van der Waals surface area contributed by atoms with Gasteiger partial charge in [0.1, 0.15) is 0 Å². The molecule has 27 heavy (non-hydrogen) atoms. The number of hydrogen-bond donors (Lipinski definition) is 0. The molecule has 3 aromatic rings. The van der Waals surface area contributed by atoms with Crippen molar-refractivity contribution in [1.82, 2.24) is 19.7 Å². The first-order valence-electron chi connectivity index (χ1n) is 9.23. The smallest absolute Gasteiger partial charge is 0.338 e. The van der Waals surface area contributed by atoms with Gasteiger partial charge in [0.15, 0.2) is 11.0 Å². The van der Waals surface area contributed by atoms with Crippen molar-refractivity contribution in [2.24, 2.45) is 0 Å². The fourth-order valence-corrected chi connectivity index (χ4v) is 3.83. The number of aromatic nitrogens is 4. The monoisotopic (exact) mass is 388 g/mol. The summed E-state index contributed by atoms with van der Waals surface area (Å²) >= 11 is 1.57. The number of rotatable bonds is 8. The summed E-state index contributed by atoms with van der Waals surface area (Å²) in [7, 11) is 0. The van der Waals surface area contributed by atoms with E-state index in [4.69, 9.17) is 14.2 Å². The molecule has 0 unspecified atom stereocenters. The molecule has 0 aliphatic heterocycles. The van der Waals surface area contributed by atoms with Crippen molar-refractivity contribution in [2.75, 3.05) is 6.61 Å². The molecule has 7 nitrogen and oxygen atoms in total. The van der Waals surface area contributed by atoms with Crippen LogP contribution >= 0.6 is 11.8 Å². The van der Waals surface area contributed by atoms with Gasteiger partial charge in [-0.2, -0.15) is 4.98 Å². The Labute approximate surface area is 162 Å². The van der Waals surface area contributed by atoms with E-state index in [2.05, 4.69) is 28.6 Å². The highest BCUT2D eigenvalue weighted by Crippen LogP contribution is 2.35. The molecular formula is C19H24N4O3S. The van der Waals surface area contributed by atoms with Crippen LogP contribution in [0.3, 0.4) is 0 Å². The zero-order chi connectivity index (χ0) is 19.4. The van der Waals surface area contributed by atoms with Gasteiger partial charge in [-0.1, -0.05) is 23.8 Å². The van der Waals surface area contributed by atoms with Gasteiger partial charge in [-0.25, -0.2) is 9.78 Å². The zero-order valence-corrected chi connectivity index (χ0v) is 16.9. The fourth-order valence-electron chi connectivity index (χ4n) is 2.81. The summed E-state index contributed by atoms with van der Waals surface area (Å²) in [6, 6.07) is 5.47. The van der Waals surface area contributed by atoms with E-state index in [0.29, 0.717) is 18.1 Å². The molecule has 144 valence electrons. The van der Waals surface area contributed by atoms with Crippen LogP contribution in [0.15, 0.2) is 27.9 Å². The van der Waals surface area contributed by atoms with E-state index >= 15 is 0 Å². The van der Waals surface area contributed by atoms with Gasteiger partial charge in [-0.3, -0.25) is 0 Å². The van der Waals surface area contributed by atoms with Gasteiger partial charge < -0.3 is 13.8 Å². The topological polar surface area (TPSA) is 83.0 Å². The van der Waals surface area contributed by atoms with E-state index in [9.17, 15) is 4.79 Å². The lowest BCUT2D eigenvalue weighted by Crippen LogP contribution is -2.04. The Hall–Kier alpha value is -2.35. The summed E-state index contributed by atoms with van der Waals surface area (Å²) in [5, 5.41) is 4.86. The van der Waals surface area contributed by atoms with Crippen molar-refractivity contribution in [3.8, 4) is 0 Å². The van der Waals surface area contributed by atoms with Gasteiger partial charge >= 0.3 is 5.97 Å². The number of aryl methyl sites for hydroxylation is 2. The van der Waals surface area contributed by atoms with Crippen molar-refractivity contribution < 1.29 is 14.1 Å². The molecule has 0 N–H and O–H groups in total. The maximum absolute atomic E-state index is 12.0. The molecule has 0 spiro atoms. The fraction of sp³-hybridized carbons (Fsp3) is 0.474. The minimum Gasteiger partial charge on any atom is -0.462 e. The average molecular weight is 388 g/mol. The van der Waals surface area contributed by atoms with Crippen LogP contribution in [0.2, 0.25) is 0 Å². The minimum atomic E-state index is -0.331. The molecule has 2 aromatic heterocycles. The number of esters is 1. The Morgan fingerprint density at radius 3 is 2.81 bits per heavy atom. The number of ether oxygens (including phenoxy) is 1. The lowest BCUT2D eigenvalue weighted by Gasteiger charge is -2.08. The van der Waals surface area contributed by atoms with Gasteiger partial charge in [0.2, 0.25) is 5.89 Å². The van der Waals surface area contributed by atoms with Crippen LogP contribution in [0.4, 0.5) is 0 Å². The van der Waals surface area contributed by atoms with Gasteiger partial charge in [0, 0.05) is 13.0 Å². The second-order valence-corrected chi connectivity index (χ2v) is 7.43. The number of benzene rings is 1. The van der Waals surface area contributed by atoms with Gasteiger partial charge in [0.05, 0.1) is 28.5 Å². The number of fused-ring (bicyclic) bond motifs is 1. The third-order valence-electron chi connectivity index (χ3n) is 4.13. The molecule has 0 amide bonds. The summed E-state index contributed by atoms with van der Waals surface area (Å²) < 4.78 is 12.6. The first-order valence-corrected chi connectivity index (χ1v) is 10.1. The molecule has 8 heteroatoms. The minimum absolute atomic E-state index is 0.0188. The predicted octanol–water partition coefficient (Wildman–Crippen LogP) is 4.42. The zero-order valence-electron chi connectivity index (χ0n) is 16.1. The summed E-state index contributed by atoms with van der Waals surface area (Å²) in [5.74, 6) is 1.01. The summed E-state index contributed by atoms with van der Waals surface area (Å²) in [6.45, 7) is 9.10. The molecule has 0 radical (unpaired) electrons. The molecule has 1 atom stereocenters. The number of carbonyl (C=O) groups is 1. The Morgan fingerprint density at radius 1 is 1.30 bits per heavy atom. The molecule has 1 aromatic carbocycles. The normalized spacial score (nSPS) is 12.4. The first kappa shape index (κ1) is 19.4. The molecule has 0 saturated heterocycles. The summed E-state index contributed by atoms with van der Waals surface area (Å²) in [4.78, 5) is 21.2. The third kappa shape index (κ3) is 4.16. The van der Waals surface area contributed by atoms with Crippen molar-refractivity contribution in [3.63, 3.8) is 0 Å². The molecule has 3 rings (SSSR count). The first-order chi connectivity index (χ1) is 13.1. The molecule has 0 aliphatic carbocycles.